The average molecular weight is 375 g/mol. The number of amides is 1. The minimum atomic E-state index is -3.87. The van der Waals surface area contributed by atoms with Crippen LogP contribution in [0, 0.1) is 11.8 Å². The fourth-order valence-electron chi connectivity index (χ4n) is 2.71. The van der Waals surface area contributed by atoms with Crippen LogP contribution in [0.1, 0.15) is 13.8 Å². The molecule has 1 aliphatic heterocycles. The lowest BCUT2D eigenvalue weighted by Gasteiger charge is -2.21. The van der Waals surface area contributed by atoms with Crippen molar-refractivity contribution >= 4 is 33.5 Å². The SMILES string of the molecule is CC(NS(=O)(=O)c1ccc(Cl)cc1)C(=O)N1C[C@@H](C)[C@H](C(=O)O)C1. The zero-order valence-electron chi connectivity index (χ0n) is 13.3. The number of sulfonamides is 1. The van der Waals surface area contributed by atoms with Crippen LogP contribution in [0.25, 0.3) is 0 Å². The summed E-state index contributed by atoms with van der Waals surface area (Å²) in [5, 5.41) is 9.53. The number of hydrogen-bond donors (Lipinski definition) is 2. The summed E-state index contributed by atoms with van der Waals surface area (Å²) in [4.78, 5) is 24.9. The van der Waals surface area contributed by atoms with Gasteiger partial charge in [-0.2, -0.15) is 4.72 Å². The summed E-state index contributed by atoms with van der Waals surface area (Å²) in [6.45, 7) is 3.58. The number of rotatable bonds is 5. The first-order valence-corrected chi connectivity index (χ1v) is 9.27. The maximum absolute atomic E-state index is 12.4. The molecule has 1 aromatic rings. The molecule has 2 N–H and O–H groups in total. The minimum absolute atomic E-state index is 0.00440. The standard InChI is InChI=1S/C15H19ClN2O5S/c1-9-7-18(8-13(9)15(20)21)14(19)10(2)17-24(22,23)12-5-3-11(16)4-6-12/h3-6,9-10,13,17H,7-8H2,1-2H3,(H,20,21)/t9-,10?,13-/m1/s1. The van der Waals surface area contributed by atoms with Gasteiger partial charge in [0.15, 0.2) is 0 Å². The molecule has 1 unspecified atom stereocenters. The largest absolute Gasteiger partial charge is 0.481 e. The summed E-state index contributed by atoms with van der Waals surface area (Å²) in [5.74, 6) is -2.20. The molecule has 1 fully saturated rings. The summed E-state index contributed by atoms with van der Waals surface area (Å²) in [5.41, 5.74) is 0. The van der Waals surface area contributed by atoms with Crippen LogP contribution in [0.2, 0.25) is 5.02 Å². The Hall–Kier alpha value is -1.64. The van der Waals surface area contributed by atoms with E-state index in [0.717, 1.165) is 0 Å². The van der Waals surface area contributed by atoms with Crippen LogP contribution in [-0.4, -0.2) is 49.4 Å². The quantitative estimate of drug-likeness (QED) is 0.805. The molecule has 3 atom stereocenters. The molecule has 1 amide bonds. The Balaban J connectivity index is 2.06. The van der Waals surface area contributed by atoms with Crippen LogP contribution in [0.15, 0.2) is 29.2 Å². The Morgan fingerprint density at radius 2 is 1.88 bits per heavy atom. The van der Waals surface area contributed by atoms with Crippen LogP contribution in [-0.2, 0) is 19.6 Å². The minimum Gasteiger partial charge on any atom is -0.481 e. The Kier molecular flexibility index (Phi) is 5.52. The highest BCUT2D eigenvalue weighted by Gasteiger charge is 2.38. The van der Waals surface area contributed by atoms with Crippen LogP contribution >= 0.6 is 11.6 Å². The summed E-state index contributed by atoms with van der Waals surface area (Å²) >= 11 is 5.73. The van der Waals surface area contributed by atoms with E-state index in [1.165, 1.54) is 36.1 Å². The Morgan fingerprint density at radius 3 is 2.38 bits per heavy atom. The van der Waals surface area contributed by atoms with Crippen molar-refractivity contribution in [1.29, 1.82) is 0 Å². The molecule has 0 bridgehead atoms. The van der Waals surface area contributed by atoms with Crippen LogP contribution < -0.4 is 4.72 Å². The van der Waals surface area contributed by atoms with Gasteiger partial charge in [0.25, 0.3) is 0 Å². The van der Waals surface area contributed by atoms with Gasteiger partial charge in [-0.05, 0) is 37.1 Å². The number of carboxylic acid groups (broad SMARTS) is 1. The zero-order valence-corrected chi connectivity index (χ0v) is 14.8. The molecule has 24 heavy (non-hydrogen) atoms. The second kappa shape index (κ2) is 7.08. The lowest BCUT2D eigenvalue weighted by atomic mass is 9.99. The molecule has 0 spiro atoms. The number of carboxylic acids is 1. The van der Waals surface area contributed by atoms with E-state index < -0.39 is 33.9 Å². The van der Waals surface area contributed by atoms with E-state index in [1.807, 2.05) is 0 Å². The van der Waals surface area contributed by atoms with E-state index in [2.05, 4.69) is 4.72 Å². The number of hydrogen-bond acceptors (Lipinski definition) is 4. The Morgan fingerprint density at radius 1 is 1.29 bits per heavy atom. The number of carbonyl (C=O) groups is 2. The highest BCUT2D eigenvalue weighted by Crippen LogP contribution is 2.24. The van der Waals surface area contributed by atoms with E-state index >= 15 is 0 Å². The van der Waals surface area contributed by atoms with Gasteiger partial charge >= 0.3 is 5.97 Å². The van der Waals surface area contributed by atoms with Gasteiger partial charge in [0.2, 0.25) is 15.9 Å². The van der Waals surface area contributed by atoms with E-state index in [9.17, 15) is 18.0 Å². The van der Waals surface area contributed by atoms with Crippen molar-refractivity contribution in [2.24, 2.45) is 11.8 Å². The normalized spacial score (nSPS) is 22.4. The second-order valence-electron chi connectivity index (χ2n) is 5.96. The van der Waals surface area contributed by atoms with Crippen molar-refractivity contribution in [3.05, 3.63) is 29.3 Å². The fourth-order valence-corrected chi connectivity index (χ4v) is 4.03. The molecule has 0 aliphatic carbocycles. The molecule has 2 rings (SSSR count). The number of aliphatic carboxylic acids is 1. The molecule has 7 nitrogen and oxygen atoms in total. The monoisotopic (exact) mass is 374 g/mol. The molecule has 1 heterocycles. The third-order valence-electron chi connectivity index (χ3n) is 4.07. The topological polar surface area (TPSA) is 104 Å². The van der Waals surface area contributed by atoms with Crippen LogP contribution in [0.3, 0.4) is 0 Å². The van der Waals surface area contributed by atoms with Gasteiger partial charge in [0.1, 0.15) is 0 Å². The first-order valence-electron chi connectivity index (χ1n) is 7.41. The number of nitrogens with zero attached hydrogens (tertiary/aromatic N) is 1. The third-order valence-corrected chi connectivity index (χ3v) is 5.88. The number of benzene rings is 1. The van der Waals surface area contributed by atoms with Crippen molar-refractivity contribution in [3.8, 4) is 0 Å². The van der Waals surface area contributed by atoms with Gasteiger partial charge < -0.3 is 10.0 Å². The molecule has 1 aliphatic rings. The Bertz CT molecular complexity index is 735. The van der Waals surface area contributed by atoms with Gasteiger partial charge in [0.05, 0.1) is 16.9 Å². The predicted octanol–water partition coefficient (Wildman–Crippen LogP) is 1.19. The van der Waals surface area contributed by atoms with Gasteiger partial charge in [-0.15, -0.1) is 0 Å². The van der Waals surface area contributed by atoms with Crippen molar-refractivity contribution in [2.45, 2.75) is 24.8 Å². The predicted molar refractivity (Wildman–Crippen MR) is 88.1 cm³/mol. The van der Waals surface area contributed by atoms with Crippen LogP contribution in [0.5, 0.6) is 0 Å². The number of halogens is 1. The maximum Gasteiger partial charge on any atom is 0.308 e. The van der Waals surface area contributed by atoms with E-state index in [-0.39, 0.29) is 17.4 Å². The van der Waals surface area contributed by atoms with Gasteiger partial charge in [-0.25, -0.2) is 8.42 Å². The zero-order chi connectivity index (χ0) is 18.1. The Labute approximate surface area is 145 Å². The molecule has 9 heteroatoms. The molecular weight excluding hydrogens is 356 g/mol. The summed E-state index contributed by atoms with van der Waals surface area (Å²) < 4.78 is 26.9. The summed E-state index contributed by atoms with van der Waals surface area (Å²) in [7, 11) is -3.87. The highest BCUT2D eigenvalue weighted by molar-refractivity contribution is 7.89. The van der Waals surface area contributed by atoms with Crippen molar-refractivity contribution in [2.75, 3.05) is 13.1 Å². The smallest absolute Gasteiger partial charge is 0.308 e. The number of carbonyl (C=O) groups excluding carboxylic acids is 1. The van der Waals surface area contributed by atoms with E-state index in [1.54, 1.807) is 6.92 Å². The van der Waals surface area contributed by atoms with Crippen molar-refractivity contribution < 1.29 is 23.1 Å². The van der Waals surface area contributed by atoms with Gasteiger partial charge in [-0.1, -0.05) is 18.5 Å². The first-order chi connectivity index (χ1) is 11.1. The molecule has 132 valence electrons. The average Bonchev–Trinajstić information content (AvgIpc) is 2.88. The maximum atomic E-state index is 12.4. The van der Waals surface area contributed by atoms with Gasteiger partial charge in [0, 0.05) is 18.1 Å². The highest BCUT2D eigenvalue weighted by atomic mass is 35.5. The number of nitrogens with one attached hydrogen (secondary N) is 1. The number of likely N-dealkylation sites (tertiary alicyclic amines) is 1. The molecule has 1 aromatic carbocycles. The molecular formula is C15H19ClN2O5S. The van der Waals surface area contributed by atoms with E-state index in [0.29, 0.717) is 11.6 Å². The van der Waals surface area contributed by atoms with Gasteiger partial charge in [-0.3, -0.25) is 9.59 Å². The van der Waals surface area contributed by atoms with E-state index in [4.69, 9.17) is 16.7 Å². The lowest BCUT2D eigenvalue weighted by molar-refractivity contribution is -0.142. The van der Waals surface area contributed by atoms with Crippen molar-refractivity contribution in [1.82, 2.24) is 9.62 Å². The summed E-state index contributed by atoms with van der Waals surface area (Å²) in [6.07, 6.45) is 0. The third kappa shape index (κ3) is 4.06. The lowest BCUT2D eigenvalue weighted by Crippen LogP contribution is -2.46. The molecule has 0 radical (unpaired) electrons. The second-order valence-corrected chi connectivity index (χ2v) is 8.11. The summed E-state index contributed by atoms with van der Waals surface area (Å²) in [6, 6.07) is 4.59. The fraction of sp³-hybridized carbons (Fsp3) is 0.467. The van der Waals surface area contributed by atoms with Crippen molar-refractivity contribution in [3.63, 3.8) is 0 Å². The first kappa shape index (κ1) is 18.7. The molecule has 0 aromatic heterocycles. The molecule has 0 saturated carbocycles. The van der Waals surface area contributed by atoms with Crippen LogP contribution in [0.4, 0.5) is 0 Å². The molecule has 1 saturated heterocycles.